The van der Waals surface area contributed by atoms with E-state index >= 15 is 0 Å². The summed E-state index contributed by atoms with van der Waals surface area (Å²) in [4.78, 5) is 12.6. The van der Waals surface area contributed by atoms with Crippen LogP contribution in [0.25, 0.3) is 5.57 Å². The maximum atomic E-state index is 13.1. The number of carbonyl (C=O) groups excluding carboxylic acids is 1. The fraction of sp³-hybridized carbons (Fsp3) is 0.640. The van der Waals surface area contributed by atoms with Gasteiger partial charge in [0.15, 0.2) is 0 Å². The van der Waals surface area contributed by atoms with Crippen LogP contribution in [0.2, 0.25) is 0 Å². The van der Waals surface area contributed by atoms with Crippen LogP contribution in [0.5, 0.6) is 0 Å². The molecule has 0 spiro atoms. The summed E-state index contributed by atoms with van der Waals surface area (Å²) in [5.74, 6) is 5.41. The number of carbonyl (C=O) groups is 1. The Labute approximate surface area is 176 Å². The van der Waals surface area contributed by atoms with E-state index in [1.807, 2.05) is 12.1 Å². The zero-order valence-corrected chi connectivity index (χ0v) is 17.1. The third-order valence-electron chi connectivity index (χ3n) is 10.0. The van der Waals surface area contributed by atoms with Crippen molar-refractivity contribution in [2.24, 2.45) is 47.3 Å². The highest BCUT2D eigenvalue weighted by Crippen LogP contribution is 2.85. The molecule has 5 saturated carbocycles. The highest BCUT2D eigenvalue weighted by atomic mass is 19.1. The minimum absolute atomic E-state index is 0.112. The van der Waals surface area contributed by atoms with Gasteiger partial charge in [0, 0.05) is 12.6 Å². The lowest BCUT2D eigenvalue weighted by atomic mass is 9.56. The normalized spacial score (nSPS) is 48.6. The molecule has 0 aliphatic heterocycles. The summed E-state index contributed by atoms with van der Waals surface area (Å²) < 4.78 is 13.1. The number of benzene rings is 1. The van der Waals surface area contributed by atoms with Gasteiger partial charge in [-0.1, -0.05) is 18.2 Å². The lowest BCUT2D eigenvalue weighted by Gasteiger charge is -2.51. The van der Waals surface area contributed by atoms with Crippen molar-refractivity contribution in [3.63, 3.8) is 0 Å². The van der Waals surface area contributed by atoms with Crippen molar-refractivity contribution in [3.8, 4) is 0 Å². The van der Waals surface area contributed by atoms with E-state index in [1.54, 1.807) is 0 Å². The van der Waals surface area contributed by atoms with Crippen molar-refractivity contribution < 1.29 is 14.3 Å². The van der Waals surface area contributed by atoms with Crippen molar-refractivity contribution in [1.29, 1.82) is 0 Å². The molecule has 0 heterocycles. The van der Waals surface area contributed by atoms with Gasteiger partial charge in [0.25, 0.3) is 0 Å². The third-order valence-corrected chi connectivity index (χ3v) is 10.0. The van der Waals surface area contributed by atoms with Crippen molar-refractivity contribution in [3.05, 3.63) is 41.7 Å². The summed E-state index contributed by atoms with van der Waals surface area (Å²) in [6.07, 6.45) is 7.38. The lowest BCUT2D eigenvalue weighted by molar-refractivity contribution is -0.126. The van der Waals surface area contributed by atoms with E-state index in [9.17, 15) is 14.3 Å². The number of hydrogen-bond acceptors (Lipinski definition) is 2. The van der Waals surface area contributed by atoms with Gasteiger partial charge >= 0.3 is 6.03 Å². The minimum Gasteiger partial charge on any atom is -0.387 e. The molecule has 0 aromatic heterocycles. The second-order valence-corrected chi connectivity index (χ2v) is 10.9. The van der Waals surface area contributed by atoms with E-state index in [0.29, 0.717) is 18.4 Å². The summed E-state index contributed by atoms with van der Waals surface area (Å²) in [6, 6.07) is 6.59. The zero-order chi connectivity index (χ0) is 20.2. The summed E-state index contributed by atoms with van der Waals surface area (Å²) >= 11 is 0. The van der Waals surface area contributed by atoms with Crippen LogP contribution in [-0.4, -0.2) is 29.3 Å². The van der Waals surface area contributed by atoms with Crippen molar-refractivity contribution in [1.82, 2.24) is 10.6 Å². The maximum absolute atomic E-state index is 13.1. The third kappa shape index (κ3) is 2.12. The van der Waals surface area contributed by atoms with Crippen LogP contribution in [0.15, 0.2) is 30.3 Å². The van der Waals surface area contributed by atoms with Crippen LogP contribution in [0.3, 0.4) is 0 Å². The molecule has 0 saturated heterocycles. The monoisotopic (exact) mass is 408 g/mol. The van der Waals surface area contributed by atoms with E-state index in [1.165, 1.54) is 30.5 Å². The topological polar surface area (TPSA) is 61.4 Å². The molecule has 7 rings (SSSR count). The Morgan fingerprint density at radius 1 is 1.07 bits per heavy atom. The van der Waals surface area contributed by atoms with Gasteiger partial charge in [0.2, 0.25) is 0 Å². The molecule has 10 atom stereocenters. The SMILES string of the molecule is O=C(NCC1(O)C2C3CC4C5C3CC2C5C41)NC1CC=C(c2ccc(F)cc2)CC1. The Morgan fingerprint density at radius 2 is 1.83 bits per heavy atom. The molecule has 0 radical (unpaired) electrons. The lowest BCUT2D eigenvalue weighted by Crippen LogP contribution is -2.60. The Hall–Kier alpha value is -1.88. The average molecular weight is 409 g/mol. The highest BCUT2D eigenvalue weighted by Gasteiger charge is 2.84. The van der Waals surface area contributed by atoms with Gasteiger partial charge in [-0.05, 0) is 103 Å². The Morgan fingerprint density at radius 3 is 2.60 bits per heavy atom. The van der Waals surface area contributed by atoms with Crippen molar-refractivity contribution >= 4 is 11.6 Å². The molecule has 30 heavy (non-hydrogen) atoms. The summed E-state index contributed by atoms with van der Waals surface area (Å²) in [5, 5.41) is 17.8. The highest BCUT2D eigenvalue weighted by molar-refractivity contribution is 5.75. The number of nitrogens with one attached hydrogen (secondary N) is 2. The first-order chi connectivity index (χ1) is 14.5. The van der Waals surface area contributed by atoms with E-state index in [4.69, 9.17) is 0 Å². The number of halogens is 1. The van der Waals surface area contributed by atoms with Gasteiger partial charge in [0.1, 0.15) is 5.82 Å². The molecule has 4 nitrogen and oxygen atoms in total. The van der Waals surface area contributed by atoms with E-state index in [2.05, 4.69) is 16.7 Å². The first-order valence-corrected chi connectivity index (χ1v) is 11.8. The van der Waals surface area contributed by atoms with Crippen LogP contribution >= 0.6 is 0 Å². The maximum Gasteiger partial charge on any atom is 0.315 e. The van der Waals surface area contributed by atoms with Crippen molar-refractivity contribution in [2.75, 3.05) is 6.54 Å². The number of amides is 2. The predicted octanol–water partition coefficient (Wildman–Crippen LogP) is 3.57. The molecule has 5 heteroatoms. The number of urea groups is 1. The van der Waals surface area contributed by atoms with Crippen molar-refractivity contribution in [2.45, 2.75) is 43.7 Å². The number of aliphatic hydroxyl groups is 1. The standard InChI is InChI=1S/C25H29FN2O2/c26-14-5-1-12(2-6-14)13-3-7-15(8-4-13)28-24(29)27-11-25(30)22-17-10-18-20-16(17)9-19(22)21(20)23(18)25/h1-3,5-6,15-23,30H,4,7-11H2,(H2,27,28,29). The van der Waals surface area contributed by atoms with Gasteiger partial charge in [-0.25, -0.2) is 9.18 Å². The smallest absolute Gasteiger partial charge is 0.315 e. The quantitative estimate of drug-likeness (QED) is 0.713. The van der Waals surface area contributed by atoms with Gasteiger partial charge in [0.05, 0.1) is 5.60 Å². The zero-order valence-electron chi connectivity index (χ0n) is 17.1. The molecular weight excluding hydrogens is 379 g/mol. The van der Waals surface area contributed by atoms with Gasteiger partial charge < -0.3 is 15.7 Å². The van der Waals surface area contributed by atoms with Crippen LogP contribution in [0, 0.1) is 53.2 Å². The Balaban J connectivity index is 0.967. The van der Waals surface area contributed by atoms with Crippen LogP contribution in [0.4, 0.5) is 9.18 Å². The predicted molar refractivity (Wildman–Crippen MR) is 111 cm³/mol. The summed E-state index contributed by atoms with van der Waals surface area (Å²) in [7, 11) is 0. The first kappa shape index (κ1) is 17.8. The largest absolute Gasteiger partial charge is 0.387 e. The second-order valence-electron chi connectivity index (χ2n) is 10.9. The molecule has 3 N–H and O–H groups in total. The minimum atomic E-state index is -0.662. The fourth-order valence-electron chi connectivity index (χ4n) is 9.31. The molecule has 10 unspecified atom stereocenters. The Bertz CT molecular complexity index is 939. The molecule has 1 aromatic rings. The fourth-order valence-corrected chi connectivity index (χ4v) is 9.31. The number of fused-ring (bicyclic) bond motifs is 2. The molecule has 6 aliphatic carbocycles. The molecule has 158 valence electrons. The molecular formula is C25H29FN2O2. The van der Waals surface area contributed by atoms with Crippen LogP contribution in [-0.2, 0) is 0 Å². The molecule has 2 amide bonds. The van der Waals surface area contributed by atoms with E-state index in [-0.39, 0.29) is 17.9 Å². The van der Waals surface area contributed by atoms with Crippen LogP contribution < -0.4 is 10.6 Å². The van der Waals surface area contributed by atoms with Gasteiger partial charge in [-0.15, -0.1) is 0 Å². The first-order valence-electron chi connectivity index (χ1n) is 11.8. The average Bonchev–Trinajstić information content (AvgIpc) is 3.27. The number of hydrogen-bond donors (Lipinski definition) is 3. The molecule has 2 bridgehead atoms. The van der Waals surface area contributed by atoms with E-state index in [0.717, 1.165) is 60.3 Å². The Kier molecular flexibility index (Phi) is 3.48. The van der Waals surface area contributed by atoms with Crippen LogP contribution in [0.1, 0.15) is 37.7 Å². The molecule has 1 aromatic carbocycles. The number of rotatable bonds is 4. The molecule has 5 fully saturated rings. The summed E-state index contributed by atoms with van der Waals surface area (Å²) in [6.45, 7) is 0.414. The summed E-state index contributed by atoms with van der Waals surface area (Å²) in [5.41, 5.74) is 1.62. The molecule has 6 aliphatic rings. The van der Waals surface area contributed by atoms with Gasteiger partial charge in [-0.2, -0.15) is 0 Å². The van der Waals surface area contributed by atoms with E-state index < -0.39 is 5.60 Å². The van der Waals surface area contributed by atoms with Gasteiger partial charge in [-0.3, -0.25) is 0 Å². The second kappa shape index (κ2) is 5.87. The number of allylic oxidation sites excluding steroid dienone is 1.